The Morgan fingerprint density at radius 1 is 1.47 bits per heavy atom. The zero-order chi connectivity index (χ0) is 10.7. The quantitative estimate of drug-likeness (QED) is 0.596. The van der Waals surface area contributed by atoms with Crippen LogP contribution < -0.4 is 0 Å². The number of carbonyl (C=O) groups is 1. The van der Waals surface area contributed by atoms with Crippen LogP contribution >= 0.6 is 0 Å². The molecule has 0 aliphatic heterocycles. The molecule has 76 valence electrons. The molecule has 2 aromatic rings. The highest BCUT2D eigenvalue weighted by molar-refractivity contribution is 5.92. The molecule has 0 spiro atoms. The number of H-pyrrole nitrogens is 1. The molecule has 0 bridgehead atoms. The number of ether oxygens (including phenoxy) is 1. The Kier molecular flexibility index (Phi) is 2.49. The fourth-order valence-electron chi connectivity index (χ4n) is 1.33. The smallest absolute Gasteiger partial charge is 0.330 e. The maximum absolute atomic E-state index is 10.9. The molecule has 0 aliphatic rings. The van der Waals surface area contributed by atoms with E-state index in [1.807, 2.05) is 24.3 Å². The third kappa shape index (κ3) is 1.88. The Labute approximate surface area is 86.6 Å². The average Bonchev–Trinajstić information content (AvgIpc) is 2.69. The predicted octanol–water partition coefficient (Wildman–Crippen LogP) is 1.75. The van der Waals surface area contributed by atoms with Crippen molar-refractivity contribution >= 4 is 22.9 Å². The second kappa shape index (κ2) is 3.96. The number of nitrogens with zero attached hydrogens (tertiary/aromatic N) is 1. The van der Waals surface area contributed by atoms with E-state index < -0.39 is 0 Å². The first kappa shape index (κ1) is 9.45. The Balaban J connectivity index is 2.36. The third-order valence-corrected chi connectivity index (χ3v) is 2.08. The standard InChI is InChI=1S/C11H10N2O2/c1-15-11(14)7-6-10-8-4-2-3-5-9(8)12-13-10/h2-7H,1H3,(H,12,13)/b7-6+. The number of aromatic amines is 1. The van der Waals surface area contributed by atoms with Gasteiger partial charge in [-0.1, -0.05) is 18.2 Å². The number of fused-ring (bicyclic) bond motifs is 1. The SMILES string of the molecule is COC(=O)/C=C/c1n[nH]c2ccccc12. The number of methoxy groups -OCH3 is 1. The molecule has 0 amide bonds. The van der Waals surface area contributed by atoms with E-state index in [0.29, 0.717) is 0 Å². The van der Waals surface area contributed by atoms with Crippen molar-refractivity contribution in [3.05, 3.63) is 36.0 Å². The maximum Gasteiger partial charge on any atom is 0.330 e. The largest absolute Gasteiger partial charge is 0.466 e. The van der Waals surface area contributed by atoms with E-state index in [0.717, 1.165) is 16.6 Å². The second-order valence-electron chi connectivity index (χ2n) is 3.01. The van der Waals surface area contributed by atoms with Gasteiger partial charge in [-0.25, -0.2) is 4.79 Å². The van der Waals surface area contributed by atoms with Gasteiger partial charge in [0.05, 0.1) is 18.3 Å². The van der Waals surface area contributed by atoms with Crippen molar-refractivity contribution in [2.75, 3.05) is 7.11 Å². The lowest BCUT2D eigenvalue weighted by Gasteiger charge is -1.89. The number of hydrogen-bond acceptors (Lipinski definition) is 3. The van der Waals surface area contributed by atoms with E-state index in [1.54, 1.807) is 6.08 Å². The lowest BCUT2D eigenvalue weighted by Crippen LogP contribution is -1.93. The Morgan fingerprint density at radius 2 is 2.27 bits per heavy atom. The van der Waals surface area contributed by atoms with Gasteiger partial charge in [-0.3, -0.25) is 5.10 Å². The summed E-state index contributed by atoms with van der Waals surface area (Å²) in [6.07, 6.45) is 2.98. The highest BCUT2D eigenvalue weighted by Crippen LogP contribution is 2.15. The molecule has 1 N–H and O–H groups in total. The monoisotopic (exact) mass is 202 g/mol. The van der Waals surface area contributed by atoms with Gasteiger partial charge in [0.15, 0.2) is 0 Å². The summed E-state index contributed by atoms with van der Waals surface area (Å²) in [5.41, 5.74) is 1.68. The van der Waals surface area contributed by atoms with Crippen molar-refractivity contribution in [3.63, 3.8) is 0 Å². The van der Waals surface area contributed by atoms with Crippen LogP contribution in [0.1, 0.15) is 5.69 Å². The van der Waals surface area contributed by atoms with E-state index in [9.17, 15) is 4.79 Å². The van der Waals surface area contributed by atoms with Crippen molar-refractivity contribution in [1.82, 2.24) is 10.2 Å². The van der Waals surface area contributed by atoms with Crippen molar-refractivity contribution in [3.8, 4) is 0 Å². The number of rotatable bonds is 2. The van der Waals surface area contributed by atoms with Gasteiger partial charge < -0.3 is 4.74 Å². The number of para-hydroxylation sites is 1. The highest BCUT2D eigenvalue weighted by atomic mass is 16.5. The first-order chi connectivity index (χ1) is 7.31. The number of hydrogen-bond donors (Lipinski definition) is 1. The van der Waals surface area contributed by atoms with Crippen LogP contribution in [-0.2, 0) is 9.53 Å². The van der Waals surface area contributed by atoms with Crippen LogP contribution in [0.4, 0.5) is 0 Å². The number of aromatic nitrogens is 2. The summed E-state index contributed by atoms with van der Waals surface area (Å²) in [6.45, 7) is 0. The Hall–Kier alpha value is -2.10. The topological polar surface area (TPSA) is 55.0 Å². The van der Waals surface area contributed by atoms with E-state index in [-0.39, 0.29) is 5.97 Å². The molecule has 1 heterocycles. The summed E-state index contributed by atoms with van der Waals surface area (Å²) in [4.78, 5) is 10.9. The molecule has 0 unspecified atom stereocenters. The minimum Gasteiger partial charge on any atom is -0.466 e. The zero-order valence-electron chi connectivity index (χ0n) is 8.23. The summed E-state index contributed by atoms with van der Waals surface area (Å²) < 4.78 is 4.50. The zero-order valence-corrected chi connectivity index (χ0v) is 8.23. The van der Waals surface area contributed by atoms with Gasteiger partial charge in [0.1, 0.15) is 0 Å². The summed E-state index contributed by atoms with van der Waals surface area (Å²) >= 11 is 0. The van der Waals surface area contributed by atoms with Crippen LogP contribution in [0.15, 0.2) is 30.3 Å². The molecule has 4 nitrogen and oxygen atoms in total. The molecule has 4 heteroatoms. The molecule has 2 rings (SSSR count). The molecule has 0 aliphatic carbocycles. The van der Waals surface area contributed by atoms with Crippen LogP contribution in [0.3, 0.4) is 0 Å². The van der Waals surface area contributed by atoms with E-state index in [1.165, 1.54) is 13.2 Å². The minimum absolute atomic E-state index is 0.387. The molecule has 1 aromatic carbocycles. The van der Waals surface area contributed by atoms with Crippen LogP contribution in [0.2, 0.25) is 0 Å². The summed E-state index contributed by atoms with van der Waals surface area (Å²) in [5, 5.41) is 7.94. The fourth-order valence-corrected chi connectivity index (χ4v) is 1.33. The molecule has 0 radical (unpaired) electrons. The first-order valence-corrected chi connectivity index (χ1v) is 4.50. The number of nitrogens with one attached hydrogen (secondary N) is 1. The van der Waals surface area contributed by atoms with Crippen molar-refractivity contribution in [2.24, 2.45) is 0 Å². The van der Waals surface area contributed by atoms with Crippen molar-refractivity contribution in [2.45, 2.75) is 0 Å². The van der Waals surface area contributed by atoms with Crippen LogP contribution in [-0.4, -0.2) is 23.3 Å². The molecular formula is C11H10N2O2. The van der Waals surface area contributed by atoms with Crippen LogP contribution in [0.5, 0.6) is 0 Å². The Morgan fingerprint density at radius 3 is 3.07 bits per heavy atom. The summed E-state index contributed by atoms with van der Waals surface area (Å²) in [7, 11) is 1.34. The highest BCUT2D eigenvalue weighted by Gasteiger charge is 2.01. The molecule has 0 fully saturated rings. The van der Waals surface area contributed by atoms with Gasteiger partial charge in [0.25, 0.3) is 0 Å². The molecule has 15 heavy (non-hydrogen) atoms. The van der Waals surface area contributed by atoms with Gasteiger partial charge in [-0.2, -0.15) is 5.10 Å². The number of carbonyl (C=O) groups excluding carboxylic acids is 1. The fraction of sp³-hybridized carbons (Fsp3) is 0.0909. The molecule has 1 aromatic heterocycles. The second-order valence-corrected chi connectivity index (χ2v) is 3.01. The lowest BCUT2D eigenvalue weighted by atomic mass is 10.2. The third-order valence-electron chi connectivity index (χ3n) is 2.08. The molecular weight excluding hydrogens is 192 g/mol. The van der Waals surface area contributed by atoms with E-state index in [4.69, 9.17) is 0 Å². The predicted molar refractivity (Wildman–Crippen MR) is 57.1 cm³/mol. The molecule has 0 atom stereocenters. The lowest BCUT2D eigenvalue weighted by molar-refractivity contribution is -0.134. The van der Waals surface area contributed by atoms with Gasteiger partial charge in [-0.05, 0) is 12.1 Å². The Bertz CT molecular complexity index is 514. The normalized spacial score (nSPS) is 11.0. The summed E-state index contributed by atoms with van der Waals surface area (Å²) in [6, 6.07) is 7.72. The van der Waals surface area contributed by atoms with Gasteiger partial charge in [0.2, 0.25) is 0 Å². The maximum atomic E-state index is 10.9. The van der Waals surface area contributed by atoms with Gasteiger partial charge in [0, 0.05) is 11.5 Å². The van der Waals surface area contributed by atoms with E-state index in [2.05, 4.69) is 14.9 Å². The van der Waals surface area contributed by atoms with Gasteiger partial charge >= 0.3 is 5.97 Å². The average molecular weight is 202 g/mol. The van der Waals surface area contributed by atoms with Crippen LogP contribution in [0.25, 0.3) is 17.0 Å². The van der Waals surface area contributed by atoms with E-state index >= 15 is 0 Å². The van der Waals surface area contributed by atoms with Crippen molar-refractivity contribution < 1.29 is 9.53 Å². The van der Waals surface area contributed by atoms with Gasteiger partial charge in [-0.15, -0.1) is 0 Å². The molecule has 0 saturated carbocycles. The summed E-state index contributed by atoms with van der Waals surface area (Å²) in [5.74, 6) is -0.387. The van der Waals surface area contributed by atoms with Crippen LogP contribution in [0, 0.1) is 0 Å². The molecule has 0 saturated heterocycles. The minimum atomic E-state index is -0.387. The first-order valence-electron chi connectivity index (χ1n) is 4.50. The number of benzene rings is 1. The number of esters is 1. The van der Waals surface area contributed by atoms with Crippen molar-refractivity contribution in [1.29, 1.82) is 0 Å².